The predicted octanol–water partition coefficient (Wildman–Crippen LogP) is 3.95. The first-order valence-corrected chi connectivity index (χ1v) is 11.6. The van der Waals surface area contributed by atoms with Gasteiger partial charge in [0.2, 0.25) is 5.91 Å². The molecule has 1 atom stereocenters. The summed E-state index contributed by atoms with van der Waals surface area (Å²) in [5.41, 5.74) is 1.47. The Morgan fingerprint density at radius 1 is 1.25 bits per heavy atom. The van der Waals surface area contributed by atoms with Gasteiger partial charge in [0.25, 0.3) is 0 Å². The number of aryl methyl sites for hydroxylation is 1. The highest BCUT2D eigenvalue weighted by molar-refractivity contribution is 7.88. The van der Waals surface area contributed by atoms with Crippen molar-refractivity contribution in [2.45, 2.75) is 19.9 Å². The van der Waals surface area contributed by atoms with E-state index in [0.29, 0.717) is 10.6 Å². The third kappa shape index (κ3) is 4.75. The zero-order valence-corrected chi connectivity index (χ0v) is 18.8. The molecule has 2 aromatic heterocycles. The molecule has 32 heavy (non-hydrogen) atoms. The van der Waals surface area contributed by atoms with Gasteiger partial charge in [-0.1, -0.05) is 19.0 Å². The second-order valence-corrected chi connectivity index (χ2v) is 10.1. The summed E-state index contributed by atoms with van der Waals surface area (Å²) < 4.78 is 45.0. The minimum Gasteiger partial charge on any atom is -0.325 e. The van der Waals surface area contributed by atoms with E-state index in [0.717, 1.165) is 20.8 Å². The largest absolute Gasteiger partial charge is 0.325 e. The Labute approximate surface area is 194 Å². The molecule has 0 bridgehead atoms. The van der Waals surface area contributed by atoms with Crippen molar-refractivity contribution in [1.29, 1.82) is 0 Å². The highest BCUT2D eigenvalue weighted by atomic mass is 35.5. The van der Waals surface area contributed by atoms with Crippen molar-refractivity contribution < 1.29 is 17.6 Å². The van der Waals surface area contributed by atoms with E-state index in [-0.39, 0.29) is 24.6 Å². The van der Waals surface area contributed by atoms with Crippen molar-refractivity contribution in [3.63, 3.8) is 0 Å². The number of halogens is 2. The van der Waals surface area contributed by atoms with Crippen molar-refractivity contribution >= 4 is 50.5 Å². The molecule has 0 saturated heterocycles. The smallest absolute Gasteiger partial charge is 0.323 e. The SMILES string of the molecule is C.CN1C(C(=O)Nc2ccc(F)c(Cl)c2)CC(c2ccc(-c3cnn(C)c3)s2)=NS1(=O)=O. The normalized spacial score (nSPS) is 18.0. The van der Waals surface area contributed by atoms with Crippen molar-refractivity contribution in [3.05, 3.63) is 58.4 Å². The van der Waals surface area contributed by atoms with Crippen molar-refractivity contribution in [2.24, 2.45) is 11.4 Å². The van der Waals surface area contributed by atoms with E-state index in [1.807, 2.05) is 19.3 Å². The van der Waals surface area contributed by atoms with Crippen molar-refractivity contribution in [3.8, 4) is 10.4 Å². The molecule has 3 heterocycles. The van der Waals surface area contributed by atoms with Crippen molar-refractivity contribution in [1.82, 2.24) is 14.1 Å². The number of amides is 1. The molecule has 8 nitrogen and oxygen atoms in total. The lowest BCUT2D eigenvalue weighted by Crippen LogP contribution is -2.48. The number of aromatic nitrogens is 2. The Morgan fingerprint density at radius 3 is 2.62 bits per heavy atom. The molecule has 12 heteroatoms. The summed E-state index contributed by atoms with van der Waals surface area (Å²) in [7, 11) is -0.939. The van der Waals surface area contributed by atoms with Crippen LogP contribution < -0.4 is 5.32 Å². The summed E-state index contributed by atoms with van der Waals surface area (Å²) in [6.45, 7) is 0. The predicted molar refractivity (Wildman–Crippen MR) is 125 cm³/mol. The van der Waals surface area contributed by atoms with E-state index in [2.05, 4.69) is 14.8 Å². The van der Waals surface area contributed by atoms with E-state index in [4.69, 9.17) is 11.6 Å². The molecule has 170 valence electrons. The fourth-order valence-corrected chi connectivity index (χ4v) is 5.40. The molecule has 0 saturated carbocycles. The maximum absolute atomic E-state index is 13.4. The molecular weight excluding hydrogens is 477 g/mol. The van der Waals surface area contributed by atoms with Gasteiger partial charge in [0.15, 0.2) is 0 Å². The zero-order valence-electron chi connectivity index (χ0n) is 16.4. The summed E-state index contributed by atoms with van der Waals surface area (Å²) in [4.78, 5) is 14.4. The van der Waals surface area contributed by atoms with Crippen LogP contribution in [-0.2, 0) is 22.1 Å². The molecule has 0 fully saturated rings. The topological polar surface area (TPSA) is 96.7 Å². The fourth-order valence-electron chi connectivity index (χ4n) is 3.11. The zero-order chi connectivity index (χ0) is 22.3. The first-order chi connectivity index (χ1) is 14.6. The Hall–Kier alpha value is -2.60. The summed E-state index contributed by atoms with van der Waals surface area (Å²) in [6, 6.07) is 6.36. The van der Waals surface area contributed by atoms with Crippen LogP contribution in [0.2, 0.25) is 5.02 Å². The number of rotatable bonds is 4. The van der Waals surface area contributed by atoms with Gasteiger partial charge >= 0.3 is 10.2 Å². The minimum atomic E-state index is -4.05. The Balaban J connectivity index is 0.00000289. The number of hydrogen-bond acceptors (Lipinski definition) is 5. The molecule has 1 aromatic carbocycles. The Kier molecular flexibility index (Phi) is 6.84. The van der Waals surface area contributed by atoms with Crippen LogP contribution in [0.25, 0.3) is 10.4 Å². The third-order valence-electron chi connectivity index (χ3n) is 4.78. The van der Waals surface area contributed by atoms with Crippen molar-refractivity contribution in [2.75, 3.05) is 12.4 Å². The number of anilines is 1. The Bertz CT molecular complexity index is 1300. The van der Waals surface area contributed by atoms with Crippen LogP contribution in [0.1, 0.15) is 18.7 Å². The highest BCUT2D eigenvalue weighted by Gasteiger charge is 2.38. The van der Waals surface area contributed by atoms with Gasteiger partial charge in [0.05, 0.1) is 21.8 Å². The number of carbonyl (C=O) groups is 1. The van der Waals surface area contributed by atoms with Crippen LogP contribution >= 0.6 is 22.9 Å². The van der Waals surface area contributed by atoms with Crippen LogP contribution in [0.3, 0.4) is 0 Å². The number of nitrogens with zero attached hydrogens (tertiary/aromatic N) is 4. The molecule has 1 amide bonds. The van der Waals surface area contributed by atoms with Crippen LogP contribution in [0.5, 0.6) is 0 Å². The molecule has 1 aliphatic heterocycles. The fraction of sp³-hybridized carbons (Fsp3) is 0.250. The standard InChI is InChI=1S/C19H17ClFN5O3S2.CH4/c1-25-10-11(9-22-25)17-5-6-18(30-17)15-8-16(26(2)31(28,29)24-15)19(27)23-12-3-4-14(21)13(20)7-12;/h3-7,9-10,16H,8H2,1-2H3,(H,23,27);1H4. The molecule has 0 aliphatic carbocycles. The van der Waals surface area contributed by atoms with Gasteiger partial charge in [0.1, 0.15) is 11.9 Å². The minimum absolute atomic E-state index is 0. The molecule has 0 radical (unpaired) electrons. The first-order valence-electron chi connectivity index (χ1n) is 9.06. The third-order valence-corrected chi connectivity index (χ3v) is 7.69. The second-order valence-electron chi connectivity index (χ2n) is 6.94. The van der Waals surface area contributed by atoms with Gasteiger partial charge in [0, 0.05) is 42.8 Å². The number of carbonyl (C=O) groups excluding carboxylic acids is 1. The average Bonchev–Trinajstić information content (AvgIpc) is 3.35. The van der Waals surface area contributed by atoms with Gasteiger partial charge in [-0.25, -0.2) is 4.39 Å². The molecular formula is C20H21ClFN5O3S2. The van der Waals surface area contributed by atoms with Crippen LogP contribution in [0.4, 0.5) is 10.1 Å². The average molecular weight is 498 g/mol. The molecule has 1 unspecified atom stereocenters. The molecule has 1 N–H and O–H groups in total. The van der Waals surface area contributed by atoms with Gasteiger partial charge in [-0.15, -0.1) is 11.3 Å². The summed E-state index contributed by atoms with van der Waals surface area (Å²) in [6.07, 6.45) is 3.66. The number of hydrogen-bond donors (Lipinski definition) is 1. The van der Waals surface area contributed by atoms with E-state index in [9.17, 15) is 17.6 Å². The molecule has 0 spiro atoms. The van der Waals surface area contributed by atoms with E-state index in [1.54, 1.807) is 16.9 Å². The second kappa shape index (κ2) is 9.10. The highest BCUT2D eigenvalue weighted by Crippen LogP contribution is 2.31. The van der Waals surface area contributed by atoms with E-state index in [1.165, 1.54) is 30.5 Å². The molecule has 1 aliphatic rings. The number of nitrogens with one attached hydrogen (secondary N) is 1. The lowest BCUT2D eigenvalue weighted by Gasteiger charge is -2.29. The van der Waals surface area contributed by atoms with Crippen LogP contribution in [0, 0.1) is 5.82 Å². The van der Waals surface area contributed by atoms with Crippen LogP contribution in [0.15, 0.2) is 47.1 Å². The van der Waals surface area contributed by atoms with Crippen LogP contribution in [-0.4, -0.2) is 47.2 Å². The molecule has 4 rings (SSSR count). The number of thiophene rings is 1. The number of likely N-dealkylation sites (N-methyl/N-ethyl adjacent to an activating group) is 1. The summed E-state index contributed by atoms with van der Waals surface area (Å²) >= 11 is 7.13. The van der Waals surface area contributed by atoms with E-state index < -0.39 is 28.0 Å². The van der Waals surface area contributed by atoms with Gasteiger partial charge < -0.3 is 5.32 Å². The molecule has 3 aromatic rings. The quantitative estimate of drug-likeness (QED) is 0.590. The summed E-state index contributed by atoms with van der Waals surface area (Å²) in [5, 5.41) is 6.59. The lowest BCUT2D eigenvalue weighted by molar-refractivity contribution is -0.119. The van der Waals surface area contributed by atoms with Gasteiger partial charge in [-0.2, -0.15) is 22.2 Å². The maximum Gasteiger partial charge on any atom is 0.323 e. The number of benzene rings is 1. The van der Waals surface area contributed by atoms with Gasteiger partial charge in [-0.3, -0.25) is 9.48 Å². The monoisotopic (exact) mass is 497 g/mol. The lowest BCUT2D eigenvalue weighted by atomic mass is 10.1. The Morgan fingerprint density at radius 2 is 1.97 bits per heavy atom. The first kappa shape index (κ1) is 24.1. The van der Waals surface area contributed by atoms with E-state index >= 15 is 0 Å². The maximum atomic E-state index is 13.4. The summed E-state index contributed by atoms with van der Waals surface area (Å²) in [5.74, 6) is -1.18. The van der Waals surface area contributed by atoms with Gasteiger partial charge in [-0.05, 0) is 30.3 Å².